The number of fused-ring (bicyclic) bond motifs is 1. The number of thiazole rings is 1. The molecule has 1 aliphatic heterocycles. The first-order valence-corrected chi connectivity index (χ1v) is 10.3. The Morgan fingerprint density at radius 3 is 2.69 bits per heavy atom. The molecule has 0 bridgehead atoms. The van der Waals surface area contributed by atoms with Gasteiger partial charge in [-0.15, -0.1) is 23.7 Å². The predicted molar refractivity (Wildman–Crippen MR) is 112 cm³/mol. The summed E-state index contributed by atoms with van der Waals surface area (Å²) >= 11 is 3.55. The fraction of sp³-hybridized carbons (Fsp3) is 0.556. The van der Waals surface area contributed by atoms with Crippen LogP contribution in [0.25, 0.3) is 10.2 Å². The number of likely N-dealkylation sites (tertiary alicyclic amines) is 1. The molecule has 1 amide bonds. The molecule has 1 aromatic carbocycles. The van der Waals surface area contributed by atoms with E-state index in [1.165, 1.54) is 4.70 Å². The summed E-state index contributed by atoms with van der Waals surface area (Å²) in [4.78, 5) is 19.0. The minimum atomic E-state index is -0.386. The molecule has 8 heteroatoms. The van der Waals surface area contributed by atoms with Crippen LogP contribution < -0.4 is 10.5 Å². The van der Waals surface area contributed by atoms with Crippen LogP contribution in [0.15, 0.2) is 22.5 Å². The number of benzene rings is 1. The van der Waals surface area contributed by atoms with Gasteiger partial charge in [-0.05, 0) is 30.9 Å². The summed E-state index contributed by atoms with van der Waals surface area (Å²) in [6, 6.07) is 5.62. The molecule has 1 saturated heterocycles. The van der Waals surface area contributed by atoms with E-state index in [4.69, 9.17) is 15.5 Å². The number of halogens is 1. The molecule has 1 aliphatic rings. The second kappa shape index (κ2) is 9.26. The molecule has 1 aromatic heterocycles. The number of nitrogens with two attached hydrogens (primary N) is 1. The summed E-state index contributed by atoms with van der Waals surface area (Å²) in [5, 5.41) is 0.502. The standard InChI is InChI=1S/C18H25N3O2S2.ClH/c1-11(2)16(19)17(22)21-8-6-13(7-9-21)24-18-20-14-10-12(23-3)4-5-15(14)25-18;/h4-5,10-11,13,16H,6-9,19H2,1-3H3;1H/t16-;/m0./s1. The fourth-order valence-corrected chi connectivity index (χ4v) is 5.33. The smallest absolute Gasteiger partial charge is 0.239 e. The molecule has 0 radical (unpaired) electrons. The Bertz CT molecular complexity index is 745. The van der Waals surface area contributed by atoms with E-state index in [0.717, 1.165) is 41.5 Å². The van der Waals surface area contributed by atoms with Crippen molar-refractivity contribution in [3.63, 3.8) is 0 Å². The number of piperidine rings is 1. The number of methoxy groups -OCH3 is 1. The molecule has 144 valence electrons. The van der Waals surface area contributed by atoms with E-state index in [9.17, 15) is 4.79 Å². The van der Waals surface area contributed by atoms with E-state index in [0.29, 0.717) is 5.25 Å². The third-order valence-corrected chi connectivity index (χ3v) is 7.07. The van der Waals surface area contributed by atoms with Gasteiger partial charge in [-0.1, -0.05) is 25.6 Å². The number of hydrogen-bond acceptors (Lipinski definition) is 6. The Labute approximate surface area is 169 Å². The van der Waals surface area contributed by atoms with Gasteiger partial charge < -0.3 is 15.4 Å². The van der Waals surface area contributed by atoms with E-state index < -0.39 is 0 Å². The van der Waals surface area contributed by atoms with Crippen molar-refractivity contribution >= 4 is 51.6 Å². The lowest BCUT2D eigenvalue weighted by Crippen LogP contribution is -2.49. The van der Waals surface area contributed by atoms with Crippen molar-refractivity contribution in [1.82, 2.24) is 9.88 Å². The first-order chi connectivity index (χ1) is 12.0. The maximum Gasteiger partial charge on any atom is 0.239 e. The highest BCUT2D eigenvalue weighted by Crippen LogP contribution is 2.36. The highest BCUT2D eigenvalue weighted by atomic mass is 35.5. The van der Waals surface area contributed by atoms with Gasteiger partial charge in [0.05, 0.1) is 23.4 Å². The lowest BCUT2D eigenvalue weighted by atomic mass is 10.0. The third-order valence-electron chi connectivity index (χ3n) is 4.60. The van der Waals surface area contributed by atoms with Crippen molar-refractivity contribution in [2.45, 2.75) is 42.3 Å². The van der Waals surface area contributed by atoms with Crippen molar-refractivity contribution in [2.24, 2.45) is 11.7 Å². The highest BCUT2D eigenvalue weighted by molar-refractivity contribution is 8.01. The van der Waals surface area contributed by atoms with E-state index in [-0.39, 0.29) is 30.3 Å². The Morgan fingerprint density at radius 1 is 1.38 bits per heavy atom. The van der Waals surface area contributed by atoms with Gasteiger partial charge in [0.2, 0.25) is 5.91 Å². The minimum absolute atomic E-state index is 0. The number of rotatable bonds is 5. The van der Waals surface area contributed by atoms with Crippen LogP contribution in [0.5, 0.6) is 5.75 Å². The van der Waals surface area contributed by atoms with Gasteiger partial charge in [-0.2, -0.15) is 0 Å². The number of aromatic nitrogens is 1. The average molecular weight is 416 g/mol. The van der Waals surface area contributed by atoms with Gasteiger partial charge in [-0.25, -0.2) is 4.98 Å². The normalized spacial score (nSPS) is 16.6. The van der Waals surface area contributed by atoms with Crippen molar-refractivity contribution in [3.8, 4) is 5.75 Å². The van der Waals surface area contributed by atoms with Gasteiger partial charge in [0, 0.05) is 24.4 Å². The van der Waals surface area contributed by atoms with Gasteiger partial charge >= 0.3 is 0 Å². The SMILES string of the molecule is COc1ccc2sc(SC3CCN(C(=O)[C@@H](N)C(C)C)CC3)nc2c1.Cl. The number of carbonyl (C=O) groups is 1. The van der Waals surface area contributed by atoms with Gasteiger partial charge in [0.15, 0.2) is 4.34 Å². The fourth-order valence-electron chi connectivity index (χ4n) is 2.90. The predicted octanol–water partition coefficient (Wildman–Crippen LogP) is 3.79. The van der Waals surface area contributed by atoms with Crippen LogP contribution in [-0.2, 0) is 4.79 Å². The van der Waals surface area contributed by atoms with E-state index in [2.05, 4.69) is 6.07 Å². The largest absolute Gasteiger partial charge is 0.497 e. The summed E-state index contributed by atoms with van der Waals surface area (Å²) in [6.45, 7) is 5.56. The number of ether oxygens (including phenoxy) is 1. The quantitative estimate of drug-likeness (QED) is 0.804. The highest BCUT2D eigenvalue weighted by Gasteiger charge is 2.28. The Balaban J connectivity index is 0.00000243. The topological polar surface area (TPSA) is 68.5 Å². The summed E-state index contributed by atoms with van der Waals surface area (Å²) in [7, 11) is 1.67. The number of hydrogen-bond donors (Lipinski definition) is 1. The maximum atomic E-state index is 12.4. The van der Waals surface area contributed by atoms with Crippen molar-refractivity contribution in [3.05, 3.63) is 18.2 Å². The zero-order valence-corrected chi connectivity index (χ0v) is 17.8. The molecule has 1 fully saturated rings. The van der Waals surface area contributed by atoms with Crippen LogP contribution in [-0.4, -0.2) is 47.3 Å². The zero-order chi connectivity index (χ0) is 18.0. The van der Waals surface area contributed by atoms with Crippen LogP contribution in [0.3, 0.4) is 0 Å². The average Bonchev–Trinajstić information content (AvgIpc) is 3.02. The first kappa shape index (κ1) is 21.3. The van der Waals surface area contributed by atoms with Crippen molar-refractivity contribution in [2.75, 3.05) is 20.2 Å². The molecule has 2 heterocycles. The first-order valence-electron chi connectivity index (χ1n) is 8.63. The van der Waals surface area contributed by atoms with E-state index >= 15 is 0 Å². The Morgan fingerprint density at radius 2 is 2.08 bits per heavy atom. The van der Waals surface area contributed by atoms with Crippen LogP contribution >= 0.6 is 35.5 Å². The number of nitrogens with zero attached hydrogens (tertiary/aromatic N) is 2. The summed E-state index contributed by atoms with van der Waals surface area (Å²) < 4.78 is 7.53. The molecule has 0 aliphatic carbocycles. The molecule has 26 heavy (non-hydrogen) atoms. The number of carbonyl (C=O) groups excluding carboxylic acids is 1. The van der Waals surface area contributed by atoms with Crippen LogP contribution in [0.2, 0.25) is 0 Å². The Kier molecular flexibility index (Phi) is 7.58. The molecule has 0 saturated carbocycles. The number of amides is 1. The zero-order valence-electron chi connectivity index (χ0n) is 15.3. The molecule has 0 unspecified atom stereocenters. The van der Waals surface area contributed by atoms with Crippen LogP contribution in [0, 0.1) is 5.92 Å². The van der Waals surface area contributed by atoms with Crippen LogP contribution in [0.4, 0.5) is 0 Å². The van der Waals surface area contributed by atoms with Gasteiger partial charge in [0.25, 0.3) is 0 Å². The molecule has 2 N–H and O–H groups in total. The molecule has 5 nitrogen and oxygen atoms in total. The molecule has 2 aromatic rings. The minimum Gasteiger partial charge on any atom is -0.497 e. The molecular formula is C18H26ClN3O2S2. The second-order valence-electron chi connectivity index (χ2n) is 6.73. The Hall–Kier alpha value is -1.02. The summed E-state index contributed by atoms with van der Waals surface area (Å²) in [5.74, 6) is 1.10. The van der Waals surface area contributed by atoms with E-state index in [1.807, 2.05) is 42.6 Å². The van der Waals surface area contributed by atoms with Crippen molar-refractivity contribution < 1.29 is 9.53 Å². The maximum absolute atomic E-state index is 12.4. The number of thioether (sulfide) groups is 1. The summed E-state index contributed by atoms with van der Waals surface area (Å²) in [6.07, 6.45) is 1.97. The lowest BCUT2D eigenvalue weighted by Gasteiger charge is -2.33. The molecular weight excluding hydrogens is 390 g/mol. The monoisotopic (exact) mass is 415 g/mol. The molecule has 3 rings (SSSR count). The molecule has 1 atom stereocenters. The molecule has 0 spiro atoms. The van der Waals surface area contributed by atoms with Gasteiger partial charge in [-0.3, -0.25) is 4.79 Å². The lowest BCUT2D eigenvalue weighted by molar-refractivity contribution is -0.134. The second-order valence-corrected chi connectivity index (χ2v) is 9.30. The van der Waals surface area contributed by atoms with Gasteiger partial charge in [0.1, 0.15) is 5.75 Å². The van der Waals surface area contributed by atoms with Crippen molar-refractivity contribution in [1.29, 1.82) is 0 Å². The van der Waals surface area contributed by atoms with Crippen LogP contribution in [0.1, 0.15) is 26.7 Å². The summed E-state index contributed by atoms with van der Waals surface area (Å²) in [5.41, 5.74) is 6.99. The third kappa shape index (κ3) is 4.82. The van der Waals surface area contributed by atoms with E-state index in [1.54, 1.807) is 18.4 Å².